The number of carbonyl (C=O) groups excluding carboxylic acids is 2. The Kier molecular flexibility index (Phi) is 3.76. The number of rotatable bonds is 5. The fourth-order valence-electron chi connectivity index (χ4n) is 3.68. The summed E-state index contributed by atoms with van der Waals surface area (Å²) in [7, 11) is -3.50. The van der Waals surface area contributed by atoms with Crippen LogP contribution in [0.2, 0.25) is 0 Å². The monoisotopic (exact) mass is 329 g/mol. The second kappa shape index (κ2) is 5.34. The minimum atomic E-state index is -3.50. The van der Waals surface area contributed by atoms with Crippen molar-refractivity contribution in [2.24, 2.45) is 11.8 Å². The number of esters is 1. The van der Waals surface area contributed by atoms with Crippen molar-refractivity contribution in [1.29, 1.82) is 0 Å². The van der Waals surface area contributed by atoms with E-state index < -0.39 is 33.5 Å². The molecule has 3 aliphatic rings. The topological polar surface area (TPSA) is 98.8 Å². The summed E-state index contributed by atoms with van der Waals surface area (Å²) < 4.78 is 34.1. The average molecular weight is 329 g/mol. The van der Waals surface area contributed by atoms with E-state index in [1.54, 1.807) is 6.92 Å². The van der Waals surface area contributed by atoms with Crippen LogP contribution in [0.4, 0.5) is 0 Å². The van der Waals surface area contributed by atoms with E-state index in [-0.39, 0.29) is 30.7 Å². The molecular weight excluding hydrogens is 310 g/mol. The summed E-state index contributed by atoms with van der Waals surface area (Å²) in [6, 6.07) is 0. The van der Waals surface area contributed by atoms with E-state index in [0.29, 0.717) is 12.0 Å². The molecule has 7 nitrogen and oxygen atoms in total. The lowest BCUT2D eigenvalue weighted by atomic mass is 9.94. The largest absolute Gasteiger partial charge is 0.459 e. The quantitative estimate of drug-likeness (QED) is 0.437. The molecule has 5 atom stereocenters. The van der Waals surface area contributed by atoms with Crippen LogP contribution in [0, 0.1) is 11.8 Å². The lowest BCUT2D eigenvalue weighted by molar-refractivity contribution is -0.155. The first-order chi connectivity index (χ1) is 10.3. The molecule has 0 aromatic heterocycles. The van der Waals surface area contributed by atoms with Gasteiger partial charge in [0.2, 0.25) is 5.91 Å². The highest BCUT2D eigenvalue weighted by atomic mass is 32.2. The van der Waals surface area contributed by atoms with Crippen molar-refractivity contribution in [3.63, 3.8) is 0 Å². The predicted octanol–water partition coefficient (Wildman–Crippen LogP) is 0.118. The molecule has 5 unspecified atom stereocenters. The average Bonchev–Trinajstić information content (AvgIpc) is 3.02. The summed E-state index contributed by atoms with van der Waals surface area (Å²) in [5.74, 6) is -0.744. The molecule has 1 aliphatic heterocycles. The second-order valence-electron chi connectivity index (χ2n) is 6.23. The maximum Gasteiger partial charge on any atom is 0.307 e. The molecule has 3 fully saturated rings. The van der Waals surface area contributed by atoms with Crippen molar-refractivity contribution in [3.05, 3.63) is 12.2 Å². The van der Waals surface area contributed by atoms with E-state index >= 15 is 0 Å². The number of hydrogen-bond donors (Lipinski definition) is 1. The van der Waals surface area contributed by atoms with Crippen molar-refractivity contribution >= 4 is 22.0 Å². The number of nitrogens with one attached hydrogen (secondary N) is 1. The van der Waals surface area contributed by atoms with E-state index in [4.69, 9.17) is 8.92 Å². The van der Waals surface area contributed by atoms with Gasteiger partial charge in [0.1, 0.15) is 12.2 Å². The fraction of sp³-hybridized carbons (Fsp3) is 0.714. The lowest BCUT2D eigenvalue weighted by Crippen LogP contribution is -2.37. The number of hydrogen-bond acceptors (Lipinski definition) is 6. The molecule has 3 rings (SSSR count). The zero-order chi connectivity index (χ0) is 16.1. The Bertz CT molecular complexity index is 627. The molecule has 8 heteroatoms. The van der Waals surface area contributed by atoms with Gasteiger partial charge in [0, 0.05) is 24.0 Å². The van der Waals surface area contributed by atoms with Gasteiger partial charge in [0.25, 0.3) is 10.1 Å². The van der Waals surface area contributed by atoms with Crippen molar-refractivity contribution in [2.45, 2.75) is 43.6 Å². The normalized spacial score (nSPS) is 37.0. The van der Waals surface area contributed by atoms with Crippen molar-refractivity contribution < 1.29 is 26.9 Å². The lowest BCUT2D eigenvalue weighted by Gasteiger charge is -2.24. The first-order valence-corrected chi connectivity index (χ1v) is 8.82. The van der Waals surface area contributed by atoms with Gasteiger partial charge in [-0.25, -0.2) is 0 Å². The Balaban J connectivity index is 1.51. The van der Waals surface area contributed by atoms with Gasteiger partial charge >= 0.3 is 5.97 Å². The van der Waals surface area contributed by atoms with E-state index in [1.165, 1.54) is 0 Å². The van der Waals surface area contributed by atoms with Gasteiger partial charge in [0.05, 0.1) is 11.7 Å². The Labute approximate surface area is 129 Å². The summed E-state index contributed by atoms with van der Waals surface area (Å²) in [5.41, 5.74) is 0.372. The third-order valence-electron chi connectivity index (χ3n) is 4.68. The smallest absolute Gasteiger partial charge is 0.307 e. The number of amides is 1. The van der Waals surface area contributed by atoms with Crippen LogP contribution in [-0.2, 0) is 28.6 Å². The first-order valence-electron chi connectivity index (χ1n) is 7.35. The van der Waals surface area contributed by atoms with Crippen LogP contribution in [0.15, 0.2) is 12.2 Å². The van der Waals surface area contributed by atoms with Gasteiger partial charge in [0.15, 0.2) is 0 Å². The molecule has 2 saturated carbocycles. The summed E-state index contributed by atoms with van der Waals surface area (Å²) in [4.78, 5) is 23.2. The van der Waals surface area contributed by atoms with Crippen LogP contribution >= 0.6 is 0 Å². The van der Waals surface area contributed by atoms with E-state index in [9.17, 15) is 18.0 Å². The number of fused-ring (bicyclic) bond motifs is 1. The van der Waals surface area contributed by atoms with Crippen LogP contribution in [0.25, 0.3) is 0 Å². The summed E-state index contributed by atoms with van der Waals surface area (Å²) in [6.45, 7) is 5.24. The highest BCUT2D eigenvalue weighted by Gasteiger charge is 2.65. The Morgan fingerprint density at radius 1 is 1.36 bits per heavy atom. The molecule has 0 radical (unpaired) electrons. The predicted molar refractivity (Wildman–Crippen MR) is 76.1 cm³/mol. The number of ether oxygens (including phenoxy) is 1. The minimum absolute atomic E-state index is 0.0375. The standard InChI is InChI=1S/C14H19NO6S/c1-7(2)14(17)15-4-3-11(16)20-12-8-5-9-10(6-8)22(18,19)21-13(9)12/h8-10,12-13H,1,3-6H2,2H3,(H,15,17). The third-order valence-corrected chi connectivity index (χ3v) is 6.46. The third kappa shape index (κ3) is 2.54. The molecule has 1 N–H and O–H groups in total. The highest BCUT2D eigenvalue weighted by Crippen LogP contribution is 2.55. The minimum Gasteiger partial charge on any atom is -0.459 e. The summed E-state index contributed by atoms with van der Waals surface area (Å²) in [5, 5.41) is 2.13. The maximum absolute atomic E-state index is 11.9. The van der Waals surface area contributed by atoms with Gasteiger partial charge in [-0.05, 0) is 19.8 Å². The van der Waals surface area contributed by atoms with Crippen molar-refractivity contribution in [1.82, 2.24) is 5.32 Å². The summed E-state index contributed by atoms with van der Waals surface area (Å²) in [6.07, 6.45) is 0.272. The molecule has 2 bridgehead atoms. The molecule has 1 heterocycles. The van der Waals surface area contributed by atoms with E-state index in [2.05, 4.69) is 11.9 Å². The molecule has 0 spiro atoms. The van der Waals surface area contributed by atoms with Gasteiger partial charge in [-0.2, -0.15) is 8.42 Å². The molecule has 0 aromatic rings. The van der Waals surface area contributed by atoms with E-state index in [1.807, 2.05) is 0 Å². The van der Waals surface area contributed by atoms with Crippen LogP contribution in [0.3, 0.4) is 0 Å². The zero-order valence-corrected chi connectivity index (χ0v) is 13.1. The second-order valence-corrected chi connectivity index (χ2v) is 8.01. The SMILES string of the molecule is C=C(C)C(=O)NCCC(=O)OC1C2CC3C1OS(=O)(=O)C3C2. The number of carbonyl (C=O) groups is 2. The van der Waals surface area contributed by atoms with Gasteiger partial charge in [-0.1, -0.05) is 6.58 Å². The van der Waals surface area contributed by atoms with Crippen LogP contribution < -0.4 is 5.32 Å². The molecular formula is C14H19NO6S. The van der Waals surface area contributed by atoms with Crippen LogP contribution in [0.1, 0.15) is 26.2 Å². The van der Waals surface area contributed by atoms with Gasteiger partial charge in [-0.15, -0.1) is 0 Å². The van der Waals surface area contributed by atoms with Crippen molar-refractivity contribution in [2.75, 3.05) is 6.54 Å². The molecule has 22 heavy (non-hydrogen) atoms. The molecule has 1 saturated heterocycles. The van der Waals surface area contributed by atoms with Crippen molar-refractivity contribution in [3.8, 4) is 0 Å². The Morgan fingerprint density at radius 3 is 2.77 bits per heavy atom. The molecule has 122 valence electrons. The zero-order valence-electron chi connectivity index (χ0n) is 12.3. The van der Waals surface area contributed by atoms with Crippen LogP contribution in [0.5, 0.6) is 0 Å². The van der Waals surface area contributed by atoms with E-state index in [0.717, 1.165) is 6.42 Å². The van der Waals surface area contributed by atoms with Crippen LogP contribution in [-0.4, -0.2) is 44.3 Å². The fourth-order valence-corrected chi connectivity index (χ4v) is 5.57. The first kappa shape index (κ1) is 15.5. The van der Waals surface area contributed by atoms with Gasteiger partial charge in [-0.3, -0.25) is 13.8 Å². The van der Waals surface area contributed by atoms with Gasteiger partial charge < -0.3 is 10.1 Å². The highest BCUT2D eigenvalue weighted by molar-refractivity contribution is 7.87. The summed E-state index contributed by atoms with van der Waals surface area (Å²) >= 11 is 0. The maximum atomic E-state index is 11.9. The molecule has 2 aliphatic carbocycles. The molecule has 1 amide bonds. The Morgan fingerprint density at radius 2 is 2.09 bits per heavy atom. The molecule has 0 aromatic carbocycles. The Hall–Kier alpha value is -1.41.